The van der Waals surface area contributed by atoms with Crippen molar-refractivity contribution in [2.45, 2.75) is 6.42 Å². The third-order valence-electron chi connectivity index (χ3n) is 1.09. The highest BCUT2D eigenvalue weighted by Crippen LogP contribution is 2.02. The highest BCUT2D eigenvalue weighted by molar-refractivity contribution is 7.82. The summed E-state index contributed by atoms with van der Waals surface area (Å²) in [5, 5.41) is 0. The lowest BCUT2D eigenvalue weighted by Gasteiger charge is -2.03. The second-order valence-electron chi connectivity index (χ2n) is 2.21. The van der Waals surface area contributed by atoms with Gasteiger partial charge in [0.1, 0.15) is 0 Å². The van der Waals surface area contributed by atoms with Crippen molar-refractivity contribution in [1.82, 2.24) is 0 Å². The minimum Gasteiger partial charge on any atom is -0.179 e. The molecule has 0 atom stereocenters. The van der Waals surface area contributed by atoms with Crippen LogP contribution in [0.25, 0.3) is 0 Å². The van der Waals surface area contributed by atoms with E-state index >= 15 is 0 Å². The van der Waals surface area contributed by atoms with Crippen molar-refractivity contribution < 1.29 is 0 Å². The van der Waals surface area contributed by atoms with Gasteiger partial charge in [-0.15, -0.1) is 0 Å². The molecule has 0 aliphatic rings. The van der Waals surface area contributed by atoms with E-state index in [0.29, 0.717) is 5.92 Å². The summed E-state index contributed by atoms with van der Waals surface area (Å²) in [5.41, 5.74) is 0. The third kappa shape index (κ3) is 14.3. The first-order chi connectivity index (χ1) is 5.76. The Labute approximate surface area is 104 Å². The Morgan fingerprint density at radius 2 is 1.00 bits per heavy atom. The van der Waals surface area contributed by atoms with Crippen LogP contribution in [0.2, 0.25) is 0 Å². The van der Waals surface area contributed by atoms with E-state index in [4.69, 9.17) is 0 Å². The molecule has 0 heterocycles. The van der Waals surface area contributed by atoms with Crippen molar-refractivity contribution in [1.29, 1.82) is 0 Å². The van der Waals surface area contributed by atoms with E-state index in [1.807, 2.05) is 0 Å². The van der Waals surface area contributed by atoms with E-state index in [0.717, 1.165) is 35.2 Å². The van der Waals surface area contributed by atoms with Crippen LogP contribution in [0, 0.1) is 5.92 Å². The largest absolute Gasteiger partial charge is 0.179 e. The molecule has 0 saturated heterocycles. The third-order valence-corrected chi connectivity index (χ3v) is 3.27. The predicted molar refractivity (Wildman–Crippen MR) is 77.4 cm³/mol. The van der Waals surface area contributed by atoms with E-state index in [9.17, 15) is 0 Å². The van der Waals surface area contributed by atoms with Crippen LogP contribution in [0.1, 0.15) is 6.42 Å². The van der Waals surface area contributed by atoms with Crippen LogP contribution >= 0.6 is 63.1 Å². The SMILES string of the molecule is SCC(CS)CS.SCCCS. The number of hydrogen-bond acceptors (Lipinski definition) is 5. The second-order valence-corrected chi connectivity index (χ2v) is 4.20. The van der Waals surface area contributed by atoms with Gasteiger partial charge in [0.05, 0.1) is 0 Å². The highest BCUT2D eigenvalue weighted by atomic mass is 32.1. The van der Waals surface area contributed by atoms with Gasteiger partial charge >= 0.3 is 0 Å². The summed E-state index contributed by atoms with van der Waals surface area (Å²) in [6, 6.07) is 0. The Kier molecular flexibility index (Phi) is 20.6. The molecule has 0 radical (unpaired) electrons. The number of rotatable bonds is 5. The van der Waals surface area contributed by atoms with Crippen molar-refractivity contribution >= 4 is 63.1 Å². The highest BCUT2D eigenvalue weighted by Gasteiger charge is 1.97. The maximum absolute atomic E-state index is 4.08. The molecule has 0 unspecified atom stereocenters. The van der Waals surface area contributed by atoms with Crippen molar-refractivity contribution in [3.05, 3.63) is 0 Å². The normalized spacial score (nSPS) is 9.50. The number of thiol groups is 5. The van der Waals surface area contributed by atoms with Gasteiger partial charge in [0.2, 0.25) is 0 Å². The van der Waals surface area contributed by atoms with Gasteiger partial charge in [-0.3, -0.25) is 0 Å². The van der Waals surface area contributed by atoms with Crippen LogP contribution in [-0.4, -0.2) is 28.8 Å². The van der Waals surface area contributed by atoms with Crippen LogP contribution in [0.5, 0.6) is 0 Å². The summed E-state index contributed by atoms with van der Waals surface area (Å²) in [5.74, 6) is 5.19. The molecule has 0 rings (SSSR count). The molecular formula is C7H18S5. The summed E-state index contributed by atoms with van der Waals surface area (Å²) in [6.45, 7) is 0. The quantitative estimate of drug-likeness (QED) is 0.462. The summed E-state index contributed by atoms with van der Waals surface area (Å²) in [7, 11) is 0. The molecule has 0 saturated carbocycles. The fourth-order valence-corrected chi connectivity index (χ4v) is 2.20. The molecule has 0 N–H and O–H groups in total. The van der Waals surface area contributed by atoms with Crippen LogP contribution in [-0.2, 0) is 0 Å². The second kappa shape index (κ2) is 15.2. The first kappa shape index (κ1) is 16.2. The first-order valence-corrected chi connectivity index (χ1v) is 6.97. The molecular weight excluding hydrogens is 244 g/mol. The topological polar surface area (TPSA) is 0 Å². The zero-order chi connectivity index (χ0) is 9.82. The lowest BCUT2D eigenvalue weighted by molar-refractivity contribution is 0.786. The summed E-state index contributed by atoms with van der Waals surface area (Å²) < 4.78 is 0. The van der Waals surface area contributed by atoms with Crippen molar-refractivity contribution in [2.24, 2.45) is 5.92 Å². The number of hydrogen-bond donors (Lipinski definition) is 5. The molecule has 0 spiro atoms. The van der Waals surface area contributed by atoms with E-state index in [1.165, 1.54) is 0 Å². The predicted octanol–water partition coefficient (Wildman–Crippen LogP) is 2.63. The Hall–Kier alpha value is 1.75. The van der Waals surface area contributed by atoms with Crippen LogP contribution in [0.3, 0.4) is 0 Å². The van der Waals surface area contributed by atoms with E-state index in [1.54, 1.807) is 0 Å². The minimum absolute atomic E-state index is 0.579. The standard InChI is InChI=1S/C4H10S3.C3H8S2/c5-1-4(2-6)3-7;4-2-1-3-5/h4-7H,1-3H2;4-5H,1-3H2. The molecule has 0 amide bonds. The fourth-order valence-electron chi connectivity index (χ4n) is 0.244. The molecule has 76 valence electrons. The van der Waals surface area contributed by atoms with Gasteiger partial charge in [0.15, 0.2) is 0 Å². The molecule has 5 heteroatoms. The van der Waals surface area contributed by atoms with Crippen molar-refractivity contribution in [2.75, 3.05) is 28.8 Å². The Bertz CT molecular complexity index is 57.3. The average molecular weight is 263 g/mol. The fraction of sp³-hybridized carbons (Fsp3) is 1.00. The Morgan fingerprint density at radius 1 is 0.667 bits per heavy atom. The maximum Gasteiger partial charge on any atom is -0.00539 e. The molecule has 12 heavy (non-hydrogen) atoms. The van der Waals surface area contributed by atoms with Gasteiger partial charge in [0, 0.05) is 0 Å². The van der Waals surface area contributed by atoms with Crippen LogP contribution in [0.15, 0.2) is 0 Å². The molecule has 0 fully saturated rings. The smallest absolute Gasteiger partial charge is 0.00539 e. The Balaban J connectivity index is 0. The van der Waals surface area contributed by atoms with Crippen molar-refractivity contribution in [3.63, 3.8) is 0 Å². The molecule has 0 nitrogen and oxygen atoms in total. The van der Waals surface area contributed by atoms with Crippen LogP contribution in [0.4, 0.5) is 0 Å². The van der Waals surface area contributed by atoms with E-state index in [2.05, 4.69) is 63.1 Å². The van der Waals surface area contributed by atoms with Gasteiger partial charge in [-0.1, -0.05) is 0 Å². The zero-order valence-corrected chi connectivity index (χ0v) is 11.5. The monoisotopic (exact) mass is 262 g/mol. The van der Waals surface area contributed by atoms with Crippen molar-refractivity contribution in [3.8, 4) is 0 Å². The molecule has 0 bridgehead atoms. The van der Waals surface area contributed by atoms with Gasteiger partial charge in [-0.05, 0) is 41.1 Å². The molecule has 0 aliphatic carbocycles. The molecule has 0 aromatic heterocycles. The maximum atomic E-state index is 4.08. The zero-order valence-electron chi connectivity index (χ0n) is 7.06. The lowest BCUT2D eigenvalue weighted by Crippen LogP contribution is -2.04. The minimum atomic E-state index is 0.579. The van der Waals surface area contributed by atoms with E-state index < -0.39 is 0 Å². The average Bonchev–Trinajstić information content (AvgIpc) is 2.10. The molecule has 0 aliphatic heterocycles. The Morgan fingerprint density at radius 3 is 1.00 bits per heavy atom. The first-order valence-electron chi connectivity index (χ1n) is 3.81. The summed E-state index contributed by atoms with van der Waals surface area (Å²) in [4.78, 5) is 0. The van der Waals surface area contributed by atoms with Crippen LogP contribution < -0.4 is 0 Å². The summed E-state index contributed by atoms with van der Waals surface area (Å²) in [6.07, 6.45) is 1.12. The molecule has 0 aromatic rings. The van der Waals surface area contributed by atoms with Gasteiger partial charge in [-0.25, -0.2) is 0 Å². The van der Waals surface area contributed by atoms with E-state index in [-0.39, 0.29) is 0 Å². The lowest BCUT2D eigenvalue weighted by atomic mass is 10.3. The van der Waals surface area contributed by atoms with Gasteiger partial charge < -0.3 is 0 Å². The summed E-state index contributed by atoms with van der Waals surface area (Å²) >= 11 is 20.1. The van der Waals surface area contributed by atoms with Gasteiger partial charge in [0.25, 0.3) is 0 Å². The van der Waals surface area contributed by atoms with Gasteiger partial charge in [-0.2, -0.15) is 63.1 Å². The molecule has 0 aromatic carbocycles.